The van der Waals surface area contributed by atoms with Crippen LogP contribution in [0, 0.1) is 5.92 Å². The highest BCUT2D eigenvalue weighted by Gasteiger charge is 2.27. The van der Waals surface area contributed by atoms with Gasteiger partial charge in [0.15, 0.2) is 6.23 Å². The number of rotatable bonds is 3. The molecular formula is C10H12N2O2. The fourth-order valence-corrected chi connectivity index (χ4v) is 1.37. The summed E-state index contributed by atoms with van der Waals surface area (Å²) < 4.78 is 5.57. The standard InChI is InChI=1S/C10H12N2O2/c13-7-8-6-11-12-10(8)14-9-4-2-1-3-5-9/h1-5,7-8,10-12H,6H2. The van der Waals surface area contributed by atoms with Crippen LogP contribution in [0.25, 0.3) is 0 Å². The Hall–Kier alpha value is -1.39. The number of hydrogen-bond acceptors (Lipinski definition) is 4. The first-order valence-electron chi connectivity index (χ1n) is 4.55. The van der Waals surface area contributed by atoms with Crippen LogP contribution in [0.5, 0.6) is 5.75 Å². The van der Waals surface area contributed by atoms with Gasteiger partial charge in [0.25, 0.3) is 0 Å². The van der Waals surface area contributed by atoms with E-state index in [1.54, 1.807) is 0 Å². The summed E-state index contributed by atoms with van der Waals surface area (Å²) in [6.45, 7) is 0.612. The van der Waals surface area contributed by atoms with Gasteiger partial charge in [-0.2, -0.15) is 0 Å². The maximum Gasteiger partial charge on any atom is 0.173 e. The van der Waals surface area contributed by atoms with Crippen LogP contribution in [-0.4, -0.2) is 19.1 Å². The summed E-state index contributed by atoms with van der Waals surface area (Å²) in [5.41, 5.74) is 5.79. The van der Waals surface area contributed by atoms with Gasteiger partial charge in [-0.25, -0.2) is 5.43 Å². The molecule has 4 nitrogen and oxygen atoms in total. The second-order valence-corrected chi connectivity index (χ2v) is 3.18. The monoisotopic (exact) mass is 192 g/mol. The smallest absolute Gasteiger partial charge is 0.173 e. The van der Waals surface area contributed by atoms with Crippen molar-refractivity contribution in [3.05, 3.63) is 30.3 Å². The first-order chi connectivity index (χ1) is 6.90. The van der Waals surface area contributed by atoms with E-state index in [1.165, 1.54) is 0 Å². The molecule has 0 aliphatic carbocycles. The van der Waals surface area contributed by atoms with E-state index in [2.05, 4.69) is 10.9 Å². The number of benzene rings is 1. The predicted molar refractivity (Wildman–Crippen MR) is 51.6 cm³/mol. The molecule has 2 rings (SSSR count). The van der Waals surface area contributed by atoms with Gasteiger partial charge in [-0.1, -0.05) is 18.2 Å². The Morgan fingerprint density at radius 3 is 2.86 bits per heavy atom. The summed E-state index contributed by atoms with van der Waals surface area (Å²) in [5.74, 6) is 0.635. The predicted octanol–water partition coefficient (Wildman–Crippen LogP) is 0.314. The minimum absolute atomic E-state index is 0.129. The minimum Gasteiger partial charge on any atom is -0.473 e. The highest BCUT2D eigenvalue weighted by atomic mass is 16.5. The molecule has 0 bridgehead atoms. The third kappa shape index (κ3) is 1.92. The Balaban J connectivity index is 2.00. The Morgan fingerprint density at radius 2 is 2.14 bits per heavy atom. The quantitative estimate of drug-likeness (QED) is 0.677. The number of aldehydes is 1. The summed E-state index contributed by atoms with van der Waals surface area (Å²) in [6, 6.07) is 9.44. The molecular weight excluding hydrogens is 180 g/mol. The van der Waals surface area contributed by atoms with Crippen molar-refractivity contribution in [3.8, 4) is 5.75 Å². The van der Waals surface area contributed by atoms with Gasteiger partial charge in [0, 0.05) is 6.54 Å². The molecule has 1 aromatic carbocycles. The summed E-state index contributed by atoms with van der Waals surface area (Å²) in [7, 11) is 0. The molecule has 0 saturated carbocycles. The van der Waals surface area contributed by atoms with Crippen molar-refractivity contribution in [2.75, 3.05) is 6.54 Å². The van der Waals surface area contributed by atoms with Crippen LogP contribution >= 0.6 is 0 Å². The Bertz CT molecular complexity index is 302. The van der Waals surface area contributed by atoms with Crippen LogP contribution < -0.4 is 15.6 Å². The lowest BCUT2D eigenvalue weighted by Crippen LogP contribution is -2.36. The molecule has 0 radical (unpaired) electrons. The van der Waals surface area contributed by atoms with E-state index >= 15 is 0 Å². The molecule has 1 aliphatic heterocycles. The van der Waals surface area contributed by atoms with E-state index in [4.69, 9.17) is 4.74 Å². The average molecular weight is 192 g/mol. The highest BCUT2D eigenvalue weighted by Crippen LogP contribution is 2.14. The molecule has 74 valence electrons. The van der Waals surface area contributed by atoms with Gasteiger partial charge in [0.05, 0.1) is 5.92 Å². The van der Waals surface area contributed by atoms with Crippen molar-refractivity contribution in [1.82, 2.24) is 10.9 Å². The number of hydrogen-bond donors (Lipinski definition) is 2. The van der Waals surface area contributed by atoms with Gasteiger partial charge in [0.1, 0.15) is 12.0 Å². The molecule has 1 aromatic rings. The van der Waals surface area contributed by atoms with Crippen LogP contribution in [0.1, 0.15) is 0 Å². The Morgan fingerprint density at radius 1 is 1.36 bits per heavy atom. The highest BCUT2D eigenvalue weighted by molar-refractivity contribution is 5.55. The third-order valence-electron chi connectivity index (χ3n) is 2.15. The average Bonchev–Trinajstić information content (AvgIpc) is 2.67. The molecule has 4 heteroatoms. The van der Waals surface area contributed by atoms with E-state index in [9.17, 15) is 4.79 Å². The van der Waals surface area contributed by atoms with Crippen LogP contribution in [0.2, 0.25) is 0 Å². The number of carbonyl (C=O) groups is 1. The molecule has 1 saturated heterocycles. The molecule has 2 unspecified atom stereocenters. The molecule has 1 heterocycles. The van der Waals surface area contributed by atoms with Crippen LogP contribution in [0.15, 0.2) is 30.3 Å². The van der Waals surface area contributed by atoms with E-state index in [0.29, 0.717) is 6.54 Å². The summed E-state index contributed by atoms with van der Waals surface area (Å²) >= 11 is 0. The lowest BCUT2D eigenvalue weighted by atomic mass is 10.2. The molecule has 14 heavy (non-hydrogen) atoms. The molecule has 0 aromatic heterocycles. The normalized spacial score (nSPS) is 26.0. The van der Waals surface area contributed by atoms with E-state index in [1.807, 2.05) is 30.3 Å². The van der Waals surface area contributed by atoms with Gasteiger partial charge in [-0.15, -0.1) is 0 Å². The van der Waals surface area contributed by atoms with E-state index in [0.717, 1.165) is 12.0 Å². The largest absolute Gasteiger partial charge is 0.473 e. The SMILES string of the molecule is O=CC1CNNC1Oc1ccccc1. The molecule has 1 fully saturated rings. The maximum atomic E-state index is 10.6. The second-order valence-electron chi connectivity index (χ2n) is 3.18. The first-order valence-corrected chi connectivity index (χ1v) is 4.55. The van der Waals surface area contributed by atoms with Crippen molar-refractivity contribution < 1.29 is 9.53 Å². The number of para-hydroxylation sites is 1. The lowest BCUT2D eigenvalue weighted by molar-refractivity contribution is -0.112. The first kappa shape index (κ1) is 9.18. The van der Waals surface area contributed by atoms with Crippen molar-refractivity contribution in [3.63, 3.8) is 0 Å². The Kier molecular flexibility index (Phi) is 2.76. The van der Waals surface area contributed by atoms with Gasteiger partial charge in [-0.05, 0) is 12.1 Å². The number of nitrogens with one attached hydrogen (secondary N) is 2. The van der Waals surface area contributed by atoms with Crippen LogP contribution in [-0.2, 0) is 4.79 Å². The van der Waals surface area contributed by atoms with Crippen molar-refractivity contribution in [1.29, 1.82) is 0 Å². The van der Waals surface area contributed by atoms with Gasteiger partial charge in [-0.3, -0.25) is 5.43 Å². The number of carbonyl (C=O) groups excluding carboxylic acids is 1. The molecule has 0 spiro atoms. The van der Waals surface area contributed by atoms with Gasteiger partial charge >= 0.3 is 0 Å². The zero-order chi connectivity index (χ0) is 9.80. The van der Waals surface area contributed by atoms with Gasteiger partial charge < -0.3 is 9.53 Å². The molecule has 2 N–H and O–H groups in total. The van der Waals surface area contributed by atoms with Crippen molar-refractivity contribution in [2.24, 2.45) is 5.92 Å². The number of ether oxygens (including phenoxy) is 1. The zero-order valence-electron chi connectivity index (χ0n) is 7.64. The van der Waals surface area contributed by atoms with E-state index < -0.39 is 0 Å². The summed E-state index contributed by atoms with van der Waals surface area (Å²) in [4.78, 5) is 10.6. The lowest BCUT2D eigenvalue weighted by Gasteiger charge is -2.15. The van der Waals surface area contributed by atoms with Crippen molar-refractivity contribution >= 4 is 6.29 Å². The maximum absolute atomic E-state index is 10.6. The third-order valence-corrected chi connectivity index (χ3v) is 2.15. The molecule has 2 atom stereocenters. The Labute approximate surface area is 82.2 Å². The van der Waals surface area contributed by atoms with Gasteiger partial charge in [0.2, 0.25) is 0 Å². The summed E-state index contributed by atoms with van der Waals surface area (Å²) in [6.07, 6.45) is 0.635. The van der Waals surface area contributed by atoms with Crippen LogP contribution in [0.4, 0.5) is 0 Å². The van der Waals surface area contributed by atoms with E-state index in [-0.39, 0.29) is 12.1 Å². The fourth-order valence-electron chi connectivity index (χ4n) is 1.37. The van der Waals surface area contributed by atoms with Crippen LogP contribution in [0.3, 0.4) is 0 Å². The number of hydrazine groups is 1. The van der Waals surface area contributed by atoms with Crippen molar-refractivity contribution in [2.45, 2.75) is 6.23 Å². The topological polar surface area (TPSA) is 50.4 Å². The minimum atomic E-state index is -0.269. The fraction of sp³-hybridized carbons (Fsp3) is 0.300. The zero-order valence-corrected chi connectivity index (χ0v) is 7.64. The molecule has 1 aliphatic rings. The second kappa shape index (κ2) is 4.21. The summed E-state index contributed by atoms with van der Waals surface area (Å²) in [5, 5.41) is 0. The molecule has 0 amide bonds.